The van der Waals surface area contributed by atoms with Crippen LogP contribution in [0.3, 0.4) is 0 Å². The van der Waals surface area contributed by atoms with Crippen LogP contribution in [0.25, 0.3) is 0 Å². The minimum Gasteiger partial charge on any atom is -0.295 e. The van der Waals surface area contributed by atoms with Crippen molar-refractivity contribution in [3.05, 3.63) is 12.7 Å². The first-order valence-corrected chi connectivity index (χ1v) is 5.79. The van der Waals surface area contributed by atoms with Crippen molar-refractivity contribution in [1.82, 2.24) is 0 Å². The minimum atomic E-state index is 0.262. The van der Waals surface area contributed by atoms with Crippen LogP contribution in [0.4, 0.5) is 0 Å². The van der Waals surface area contributed by atoms with Crippen LogP contribution in [0, 0.1) is 17.8 Å². The zero-order valence-electron chi connectivity index (χ0n) is 9.46. The molecule has 0 radical (unpaired) electrons. The normalized spacial score (nSPS) is 27.6. The fourth-order valence-electron chi connectivity index (χ4n) is 2.60. The molecule has 0 aromatic carbocycles. The Balaban J connectivity index is 2.43. The molecular weight excluding hydrogens is 172 g/mol. The number of hydrogen-bond donors (Lipinski definition) is 0. The smallest absolute Gasteiger partial charge is 0.158 e. The van der Waals surface area contributed by atoms with Crippen LogP contribution in [-0.2, 0) is 4.79 Å². The van der Waals surface area contributed by atoms with Gasteiger partial charge in [-0.25, -0.2) is 0 Å². The van der Waals surface area contributed by atoms with Crippen molar-refractivity contribution < 1.29 is 4.79 Å². The van der Waals surface area contributed by atoms with Crippen molar-refractivity contribution in [2.24, 2.45) is 17.8 Å². The summed E-state index contributed by atoms with van der Waals surface area (Å²) in [5.74, 6) is 2.08. The standard InChI is InChI=1S/C13H22O/c1-4-13(14)12-7-5-6-11(9-12)8-10(2)3/h4,10-12H,1,5-9H2,2-3H3. The van der Waals surface area contributed by atoms with Gasteiger partial charge in [0, 0.05) is 5.92 Å². The Morgan fingerprint density at radius 3 is 2.79 bits per heavy atom. The lowest BCUT2D eigenvalue weighted by Gasteiger charge is -2.28. The van der Waals surface area contributed by atoms with Crippen molar-refractivity contribution in [2.45, 2.75) is 46.0 Å². The Labute approximate surface area is 87.6 Å². The third kappa shape index (κ3) is 3.28. The second-order valence-corrected chi connectivity index (χ2v) is 4.97. The predicted molar refractivity (Wildman–Crippen MR) is 60.1 cm³/mol. The molecule has 0 aliphatic heterocycles. The van der Waals surface area contributed by atoms with E-state index >= 15 is 0 Å². The Hall–Kier alpha value is -0.590. The van der Waals surface area contributed by atoms with Crippen LogP contribution in [0.2, 0.25) is 0 Å². The average molecular weight is 194 g/mol. The van der Waals surface area contributed by atoms with E-state index in [1.165, 1.54) is 25.3 Å². The lowest BCUT2D eigenvalue weighted by Crippen LogP contribution is -2.22. The van der Waals surface area contributed by atoms with Gasteiger partial charge in [-0.15, -0.1) is 0 Å². The van der Waals surface area contributed by atoms with E-state index in [0.717, 1.165) is 24.7 Å². The maximum absolute atomic E-state index is 11.5. The van der Waals surface area contributed by atoms with Crippen molar-refractivity contribution in [1.29, 1.82) is 0 Å². The molecule has 0 amide bonds. The second-order valence-electron chi connectivity index (χ2n) is 4.97. The molecule has 1 fully saturated rings. The van der Waals surface area contributed by atoms with Crippen molar-refractivity contribution >= 4 is 5.78 Å². The summed E-state index contributed by atoms with van der Waals surface area (Å²) in [4.78, 5) is 11.5. The molecule has 2 atom stereocenters. The van der Waals surface area contributed by atoms with E-state index in [2.05, 4.69) is 20.4 Å². The van der Waals surface area contributed by atoms with Crippen LogP contribution in [0.5, 0.6) is 0 Å². The van der Waals surface area contributed by atoms with Gasteiger partial charge in [0.05, 0.1) is 0 Å². The molecule has 1 nitrogen and oxygen atoms in total. The van der Waals surface area contributed by atoms with Gasteiger partial charge in [-0.1, -0.05) is 33.3 Å². The molecule has 0 heterocycles. The first-order chi connectivity index (χ1) is 6.63. The number of ketones is 1. The Morgan fingerprint density at radius 1 is 1.50 bits per heavy atom. The topological polar surface area (TPSA) is 17.1 Å². The molecule has 0 spiro atoms. The molecule has 1 saturated carbocycles. The van der Waals surface area contributed by atoms with E-state index in [0.29, 0.717) is 0 Å². The van der Waals surface area contributed by atoms with E-state index in [1.807, 2.05) is 0 Å². The van der Waals surface area contributed by atoms with Crippen molar-refractivity contribution in [3.63, 3.8) is 0 Å². The van der Waals surface area contributed by atoms with Gasteiger partial charge in [0.1, 0.15) is 0 Å². The second kappa shape index (κ2) is 5.33. The van der Waals surface area contributed by atoms with Crippen LogP contribution < -0.4 is 0 Å². The van der Waals surface area contributed by atoms with Gasteiger partial charge < -0.3 is 0 Å². The van der Waals surface area contributed by atoms with E-state index in [-0.39, 0.29) is 11.7 Å². The third-order valence-electron chi connectivity index (χ3n) is 3.19. The molecule has 2 unspecified atom stereocenters. The predicted octanol–water partition coefficient (Wildman–Crippen LogP) is 3.59. The first-order valence-electron chi connectivity index (χ1n) is 5.79. The summed E-state index contributed by atoms with van der Waals surface area (Å²) in [5.41, 5.74) is 0. The van der Waals surface area contributed by atoms with Crippen LogP contribution in [0.15, 0.2) is 12.7 Å². The van der Waals surface area contributed by atoms with Gasteiger partial charge in [-0.05, 0) is 37.2 Å². The first kappa shape index (κ1) is 11.5. The molecular formula is C13H22O. The summed E-state index contributed by atoms with van der Waals surface area (Å²) in [5, 5.41) is 0. The largest absolute Gasteiger partial charge is 0.295 e. The fourth-order valence-corrected chi connectivity index (χ4v) is 2.60. The average Bonchev–Trinajstić information content (AvgIpc) is 2.16. The van der Waals surface area contributed by atoms with Crippen molar-refractivity contribution in [3.8, 4) is 0 Å². The number of allylic oxidation sites excluding steroid dienone is 1. The molecule has 0 saturated heterocycles. The molecule has 1 heteroatoms. The van der Waals surface area contributed by atoms with E-state index in [1.54, 1.807) is 0 Å². The Kier molecular flexibility index (Phi) is 4.37. The van der Waals surface area contributed by atoms with Crippen molar-refractivity contribution in [2.75, 3.05) is 0 Å². The molecule has 80 valence electrons. The zero-order chi connectivity index (χ0) is 10.6. The van der Waals surface area contributed by atoms with E-state index in [9.17, 15) is 4.79 Å². The third-order valence-corrected chi connectivity index (χ3v) is 3.19. The Morgan fingerprint density at radius 2 is 2.21 bits per heavy atom. The molecule has 1 rings (SSSR count). The van der Waals surface area contributed by atoms with Crippen LogP contribution in [-0.4, -0.2) is 5.78 Å². The number of carbonyl (C=O) groups is 1. The molecule has 0 aromatic rings. The summed E-state index contributed by atoms with van der Waals surface area (Å²) in [6, 6.07) is 0. The molecule has 0 bridgehead atoms. The molecule has 14 heavy (non-hydrogen) atoms. The van der Waals surface area contributed by atoms with Gasteiger partial charge in [0.25, 0.3) is 0 Å². The minimum absolute atomic E-state index is 0.262. The number of hydrogen-bond acceptors (Lipinski definition) is 1. The highest BCUT2D eigenvalue weighted by atomic mass is 16.1. The van der Waals surface area contributed by atoms with Crippen LogP contribution in [0.1, 0.15) is 46.0 Å². The molecule has 0 aromatic heterocycles. The quantitative estimate of drug-likeness (QED) is 0.625. The number of carbonyl (C=O) groups excluding carboxylic acids is 1. The summed E-state index contributed by atoms with van der Waals surface area (Å²) in [6.07, 6.45) is 7.51. The summed E-state index contributed by atoms with van der Waals surface area (Å²) in [7, 11) is 0. The van der Waals surface area contributed by atoms with Gasteiger partial charge in [-0.2, -0.15) is 0 Å². The highest BCUT2D eigenvalue weighted by Crippen LogP contribution is 2.33. The molecule has 1 aliphatic rings. The van der Waals surface area contributed by atoms with Crippen LogP contribution >= 0.6 is 0 Å². The van der Waals surface area contributed by atoms with Gasteiger partial charge in [0.15, 0.2) is 5.78 Å². The van der Waals surface area contributed by atoms with E-state index in [4.69, 9.17) is 0 Å². The zero-order valence-corrected chi connectivity index (χ0v) is 9.46. The lowest BCUT2D eigenvalue weighted by molar-refractivity contribution is -0.119. The van der Waals surface area contributed by atoms with Gasteiger partial charge in [-0.3, -0.25) is 4.79 Å². The Bertz CT molecular complexity index is 205. The SMILES string of the molecule is C=CC(=O)C1CCCC(CC(C)C)C1. The monoisotopic (exact) mass is 194 g/mol. The highest BCUT2D eigenvalue weighted by molar-refractivity contribution is 5.91. The highest BCUT2D eigenvalue weighted by Gasteiger charge is 2.25. The summed E-state index contributed by atoms with van der Waals surface area (Å²) >= 11 is 0. The maximum Gasteiger partial charge on any atom is 0.158 e. The van der Waals surface area contributed by atoms with E-state index < -0.39 is 0 Å². The van der Waals surface area contributed by atoms with Gasteiger partial charge in [0.2, 0.25) is 0 Å². The fraction of sp³-hybridized carbons (Fsp3) is 0.769. The summed E-state index contributed by atoms with van der Waals surface area (Å²) < 4.78 is 0. The number of rotatable bonds is 4. The summed E-state index contributed by atoms with van der Waals surface area (Å²) in [6.45, 7) is 8.10. The van der Waals surface area contributed by atoms with Gasteiger partial charge >= 0.3 is 0 Å². The lowest BCUT2D eigenvalue weighted by atomic mass is 9.76. The maximum atomic E-state index is 11.5. The molecule has 1 aliphatic carbocycles. The molecule has 0 N–H and O–H groups in total.